The fourth-order valence-corrected chi connectivity index (χ4v) is 2.35. The summed E-state index contributed by atoms with van der Waals surface area (Å²) in [6.45, 7) is 0.218. The smallest absolute Gasteiger partial charge is 0.232 e. The third-order valence-electron chi connectivity index (χ3n) is 1.34. The first kappa shape index (κ1) is 7.12. The number of aldehydes is 1. The highest BCUT2D eigenvalue weighted by atomic mass is 79.9. The first-order valence-electron chi connectivity index (χ1n) is 2.86. The van der Waals surface area contributed by atoms with E-state index in [1.54, 1.807) is 0 Å². The Bertz CT molecular complexity index is 307. The van der Waals surface area contributed by atoms with Crippen molar-refractivity contribution in [2.24, 2.45) is 0 Å². The molecule has 0 aliphatic carbocycles. The van der Waals surface area contributed by atoms with Crippen molar-refractivity contribution in [2.75, 3.05) is 6.79 Å². The topological polar surface area (TPSA) is 35.5 Å². The Morgan fingerprint density at radius 3 is 3.09 bits per heavy atom. The number of thiophene rings is 1. The van der Waals surface area contributed by atoms with Crippen LogP contribution in [-0.4, -0.2) is 13.1 Å². The fourth-order valence-electron chi connectivity index (χ4n) is 0.855. The normalized spacial score (nSPS) is 13.5. The molecule has 2 heterocycles. The molecule has 0 amide bonds. The Labute approximate surface area is 75.1 Å². The van der Waals surface area contributed by atoms with Crippen molar-refractivity contribution in [1.82, 2.24) is 0 Å². The molecule has 2 rings (SSSR count). The first-order chi connectivity index (χ1) is 5.33. The minimum absolute atomic E-state index is 0.218. The van der Waals surface area contributed by atoms with Crippen LogP contribution >= 0.6 is 27.3 Å². The van der Waals surface area contributed by atoms with Crippen molar-refractivity contribution < 1.29 is 14.3 Å². The summed E-state index contributed by atoms with van der Waals surface area (Å²) < 4.78 is 10.9. The van der Waals surface area contributed by atoms with Gasteiger partial charge >= 0.3 is 0 Å². The van der Waals surface area contributed by atoms with E-state index in [1.807, 2.05) is 0 Å². The number of hydrogen-bond donors (Lipinski definition) is 0. The van der Waals surface area contributed by atoms with Gasteiger partial charge in [0.25, 0.3) is 0 Å². The van der Waals surface area contributed by atoms with E-state index in [9.17, 15) is 4.79 Å². The summed E-state index contributed by atoms with van der Waals surface area (Å²) in [6, 6.07) is 0. The van der Waals surface area contributed by atoms with Gasteiger partial charge in [-0.1, -0.05) is 11.3 Å². The van der Waals surface area contributed by atoms with Crippen LogP contribution in [0.2, 0.25) is 0 Å². The molecule has 0 fully saturated rings. The maximum absolute atomic E-state index is 10.5. The number of rotatable bonds is 1. The van der Waals surface area contributed by atoms with Crippen LogP contribution in [0.5, 0.6) is 10.8 Å². The summed E-state index contributed by atoms with van der Waals surface area (Å²) >= 11 is 4.60. The van der Waals surface area contributed by atoms with Crippen LogP contribution in [0.25, 0.3) is 0 Å². The van der Waals surface area contributed by atoms with Gasteiger partial charge < -0.3 is 9.47 Å². The number of carbonyl (C=O) groups excluding carboxylic acids is 1. The van der Waals surface area contributed by atoms with E-state index in [0.29, 0.717) is 16.4 Å². The Hall–Kier alpha value is -0.550. The molecule has 0 spiro atoms. The Balaban J connectivity index is 2.60. The van der Waals surface area contributed by atoms with Crippen LogP contribution in [0.1, 0.15) is 10.4 Å². The number of carbonyl (C=O) groups is 1. The molecule has 0 atom stereocenters. The van der Waals surface area contributed by atoms with Gasteiger partial charge in [0, 0.05) is 0 Å². The molecule has 0 aromatic carbocycles. The number of hydrogen-bond acceptors (Lipinski definition) is 4. The van der Waals surface area contributed by atoms with Crippen molar-refractivity contribution in [3.05, 3.63) is 9.35 Å². The average molecular weight is 235 g/mol. The van der Waals surface area contributed by atoms with E-state index >= 15 is 0 Å². The Morgan fingerprint density at radius 2 is 2.36 bits per heavy atom. The quantitative estimate of drug-likeness (QED) is 0.699. The Morgan fingerprint density at radius 1 is 1.55 bits per heavy atom. The van der Waals surface area contributed by atoms with Crippen molar-refractivity contribution in [3.8, 4) is 10.8 Å². The minimum Gasteiger partial charge on any atom is -0.452 e. The van der Waals surface area contributed by atoms with Gasteiger partial charge in [0.15, 0.2) is 12.0 Å². The van der Waals surface area contributed by atoms with E-state index in [-0.39, 0.29) is 6.79 Å². The highest BCUT2D eigenvalue weighted by Gasteiger charge is 2.23. The molecule has 0 radical (unpaired) electrons. The predicted octanol–water partition coefficient (Wildman–Crippen LogP) is 2.05. The summed E-state index contributed by atoms with van der Waals surface area (Å²) in [5.41, 5.74) is 0.544. The van der Waals surface area contributed by atoms with Crippen LogP contribution in [0, 0.1) is 0 Å². The number of fused-ring (bicyclic) bond motifs is 1. The zero-order chi connectivity index (χ0) is 7.84. The summed E-state index contributed by atoms with van der Waals surface area (Å²) in [5.74, 6) is 0.567. The minimum atomic E-state index is 0.218. The summed E-state index contributed by atoms with van der Waals surface area (Å²) in [5, 5.41) is 0.680. The lowest BCUT2D eigenvalue weighted by Crippen LogP contribution is -1.95. The second kappa shape index (κ2) is 2.49. The highest BCUT2D eigenvalue weighted by molar-refractivity contribution is 9.11. The van der Waals surface area contributed by atoms with Gasteiger partial charge in [0.1, 0.15) is 0 Å². The first-order valence-corrected chi connectivity index (χ1v) is 4.47. The van der Waals surface area contributed by atoms with Crippen molar-refractivity contribution in [1.29, 1.82) is 0 Å². The molecule has 0 bridgehead atoms. The molecule has 11 heavy (non-hydrogen) atoms. The van der Waals surface area contributed by atoms with Crippen LogP contribution in [0.15, 0.2) is 3.79 Å². The van der Waals surface area contributed by atoms with Crippen molar-refractivity contribution in [2.45, 2.75) is 0 Å². The van der Waals surface area contributed by atoms with Crippen LogP contribution in [-0.2, 0) is 0 Å². The molecule has 5 heteroatoms. The standard InChI is InChI=1S/C6H3BrO3S/c7-5-3(1-8)4-6(11-5)10-2-9-4/h1H,2H2. The van der Waals surface area contributed by atoms with E-state index in [0.717, 1.165) is 10.1 Å². The molecule has 1 aliphatic heterocycles. The monoisotopic (exact) mass is 234 g/mol. The molecular formula is C6H3BrO3S. The second-order valence-electron chi connectivity index (χ2n) is 1.93. The zero-order valence-electron chi connectivity index (χ0n) is 5.30. The zero-order valence-corrected chi connectivity index (χ0v) is 7.70. The van der Waals surface area contributed by atoms with Gasteiger partial charge in [-0.25, -0.2) is 0 Å². The molecule has 1 aliphatic rings. The largest absolute Gasteiger partial charge is 0.452 e. The fraction of sp³-hybridized carbons (Fsp3) is 0.167. The predicted molar refractivity (Wildman–Crippen MR) is 43.5 cm³/mol. The lowest BCUT2D eigenvalue weighted by Gasteiger charge is -1.91. The maximum atomic E-state index is 10.5. The molecule has 0 N–H and O–H groups in total. The summed E-state index contributed by atoms with van der Waals surface area (Å²) in [6.07, 6.45) is 0.758. The maximum Gasteiger partial charge on any atom is 0.232 e. The lowest BCUT2D eigenvalue weighted by atomic mass is 10.3. The van der Waals surface area contributed by atoms with E-state index in [2.05, 4.69) is 15.9 Å². The SMILES string of the molecule is O=Cc1c(Br)sc2c1OCO2. The molecule has 58 valence electrons. The highest BCUT2D eigenvalue weighted by Crippen LogP contribution is 2.46. The average Bonchev–Trinajstić information content (AvgIpc) is 2.46. The molecule has 1 aromatic heterocycles. The van der Waals surface area contributed by atoms with Gasteiger partial charge in [-0.05, 0) is 15.9 Å². The van der Waals surface area contributed by atoms with Crippen LogP contribution in [0.4, 0.5) is 0 Å². The molecule has 3 nitrogen and oxygen atoms in total. The van der Waals surface area contributed by atoms with E-state index < -0.39 is 0 Å². The van der Waals surface area contributed by atoms with Crippen molar-refractivity contribution >= 4 is 33.6 Å². The molecule has 0 saturated carbocycles. The third kappa shape index (κ3) is 0.954. The second-order valence-corrected chi connectivity index (χ2v) is 4.23. The van der Waals surface area contributed by atoms with E-state index in [4.69, 9.17) is 9.47 Å². The summed E-state index contributed by atoms with van der Waals surface area (Å²) in [7, 11) is 0. The van der Waals surface area contributed by atoms with Gasteiger partial charge in [-0.15, -0.1) is 0 Å². The van der Waals surface area contributed by atoms with Gasteiger partial charge in [0.2, 0.25) is 11.9 Å². The van der Waals surface area contributed by atoms with E-state index in [1.165, 1.54) is 11.3 Å². The summed E-state index contributed by atoms with van der Waals surface area (Å²) in [4.78, 5) is 10.5. The van der Waals surface area contributed by atoms with Crippen molar-refractivity contribution in [3.63, 3.8) is 0 Å². The third-order valence-corrected chi connectivity index (χ3v) is 3.14. The lowest BCUT2D eigenvalue weighted by molar-refractivity contribution is 0.111. The van der Waals surface area contributed by atoms with Gasteiger partial charge in [-0.2, -0.15) is 0 Å². The molecule has 1 aromatic rings. The van der Waals surface area contributed by atoms with Crippen LogP contribution < -0.4 is 9.47 Å². The molecule has 0 saturated heterocycles. The van der Waals surface area contributed by atoms with Gasteiger partial charge in [-0.3, -0.25) is 4.79 Å². The Kier molecular flexibility index (Phi) is 1.61. The molecule has 0 unspecified atom stereocenters. The number of halogens is 1. The van der Waals surface area contributed by atoms with Gasteiger partial charge in [0.05, 0.1) is 9.35 Å². The molecular weight excluding hydrogens is 232 g/mol. The van der Waals surface area contributed by atoms with Crippen LogP contribution in [0.3, 0.4) is 0 Å². The number of ether oxygens (including phenoxy) is 2.